The van der Waals surface area contributed by atoms with Crippen molar-refractivity contribution in [2.75, 3.05) is 38.1 Å². The quantitative estimate of drug-likeness (QED) is 0.629. The minimum Gasteiger partial charge on any atom is -0.300 e. The zero-order chi connectivity index (χ0) is 22.4. The van der Waals surface area contributed by atoms with Crippen molar-refractivity contribution in [2.45, 2.75) is 38.5 Å². The number of carbonyl (C=O) groups is 1. The molecule has 1 aliphatic heterocycles. The van der Waals surface area contributed by atoms with E-state index in [2.05, 4.69) is 34.0 Å². The van der Waals surface area contributed by atoms with Crippen LogP contribution in [0.25, 0.3) is 0 Å². The van der Waals surface area contributed by atoms with Crippen LogP contribution in [0.5, 0.6) is 0 Å². The first-order chi connectivity index (χ1) is 14.8. The number of pyridine rings is 1. The first-order valence-corrected chi connectivity index (χ1v) is 10.6. The number of benzene rings is 1. The number of anilines is 1. The lowest BCUT2D eigenvalue weighted by molar-refractivity contribution is -0.141. The molecule has 1 fully saturated rings. The molecule has 0 saturated carbocycles. The zero-order valence-corrected chi connectivity index (χ0v) is 18.0. The van der Waals surface area contributed by atoms with Gasteiger partial charge in [-0.05, 0) is 37.7 Å². The number of likely N-dealkylation sites (tertiary alicyclic amines) is 1. The minimum atomic E-state index is -4.54. The molecular formula is C23H29F3N4O. The summed E-state index contributed by atoms with van der Waals surface area (Å²) in [6.45, 7) is 5.25. The van der Waals surface area contributed by atoms with Gasteiger partial charge in [0, 0.05) is 38.6 Å². The van der Waals surface area contributed by atoms with Gasteiger partial charge in [-0.25, -0.2) is 4.98 Å². The van der Waals surface area contributed by atoms with Crippen molar-refractivity contribution in [1.29, 1.82) is 0 Å². The fourth-order valence-corrected chi connectivity index (χ4v) is 3.91. The van der Waals surface area contributed by atoms with Gasteiger partial charge in [-0.3, -0.25) is 19.5 Å². The highest BCUT2D eigenvalue weighted by Gasteiger charge is 2.33. The lowest BCUT2D eigenvalue weighted by Gasteiger charge is -2.27. The fraction of sp³-hybridized carbons (Fsp3) is 0.478. The van der Waals surface area contributed by atoms with Crippen LogP contribution in [0, 0.1) is 0 Å². The van der Waals surface area contributed by atoms with E-state index in [1.54, 1.807) is 6.92 Å². The summed E-state index contributed by atoms with van der Waals surface area (Å²) in [5.74, 6) is -0.178. The van der Waals surface area contributed by atoms with Crippen LogP contribution in [0.15, 0.2) is 48.5 Å². The third-order valence-electron chi connectivity index (χ3n) is 5.69. The van der Waals surface area contributed by atoms with Crippen LogP contribution in [0.2, 0.25) is 0 Å². The largest absolute Gasteiger partial charge is 0.433 e. The molecule has 168 valence electrons. The van der Waals surface area contributed by atoms with Gasteiger partial charge in [0.05, 0.1) is 0 Å². The number of halogens is 3. The highest BCUT2D eigenvalue weighted by Crippen LogP contribution is 2.29. The normalized spacial score (nSPS) is 17.3. The Morgan fingerprint density at radius 2 is 1.90 bits per heavy atom. The maximum absolute atomic E-state index is 13.0. The molecule has 0 N–H and O–H groups in total. The van der Waals surface area contributed by atoms with E-state index in [0.29, 0.717) is 19.1 Å². The Balaban J connectivity index is 1.59. The molecule has 0 aliphatic carbocycles. The maximum atomic E-state index is 13.0. The van der Waals surface area contributed by atoms with E-state index in [-0.39, 0.29) is 18.1 Å². The van der Waals surface area contributed by atoms with Crippen molar-refractivity contribution >= 4 is 11.7 Å². The highest BCUT2D eigenvalue weighted by atomic mass is 19.4. The molecule has 1 saturated heterocycles. The Morgan fingerprint density at radius 3 is 2.58 bits per heavy atom. The molecule has 2 aromatic rings. The van der Waals surface area contributed by atoms with E-state index in [4.69, 9.17) is 0 Å². The number of rotatable bonds is 8. The molecule has 31 heavy (non-hydrogen) atoms. The lowest BCUT2D eigenvalue weighted by atomic mass is 10.1. The van der Waals surface area contributed by atoms with Gasteiger partial charge in [0.15, 0.2) is 0 Å². The van der Waals surface area contributed by atoms with Crippen molar-refractivity contribution in [1.82, 2.24) is 14.8 Å². The minimum absolute atomic E-state index is 0.0543. The molecule has 1 amide bonds. The summed E-state index contributed by atoms with van der Waals surface area (Å²) < 4.78 is 39.1. The molecule has 0 radical (unpaired) electrons. The summed E-state index contributed by atoms with van der Waals surface area (Å²) in [6, 6.07) is 14.4. The highest BCUT2D eigenvalue weighted by molar-refractivity contribution is 5.92. The second-order valence-corrected chi connectivity index (χ2v) is 7.92. The fourth-order valence-electron chi connectivity index (χ4n) is 3.91. The predicted octanol–water partition coefficient (Wildman–Crippen LogP) is 4.05. The molecule has 3 rings (SSSR count). The molecular weight excluding hydrogens is 405 g/mol. The van der Waals surface area contributed by atoms with Crippen LogP contribution in [0.1, 0.15) is 31.0 Å². The van der Waals surface area contributed by atoms with Gasteiger partial charge in [-0.15, -0.1) is 0 Å². The van der Waals surface area contributed by atoms with E-state index in [1.807, 2.05) is 18.2 Å². The summed E-state index contributed by atoms with van der Waals surface area (Å²) >= 11 is 0. The molecule has 2 heterocycles. The van der Waals surface area contributed by atoms with Crippen LogP contribution in [0.4, 0.5) is 19.0 Å². The Morgan fingerprint density at radius 1 is 1.16 bits per heavy atom. The van der Waals surface area contributed by atoms with Crippen LogP contribution in [-0.2, 0) is 17.5 Å². The van der Waals surface area contributed by atoms with Gasteiger partial charge in [0.1, 0.15) is 11.5 Å². The van der Waals surface area contributed by atoms with Crippen LogP contribution in [-0.4, -0.2) is 60.0 Å². The van der Waals surface area contributed by atoms with Crippen molar-refractivity contribution in [3.05, 3.63) is 59.8 Å². The molecule has 1 aromatic heterocycles. The topological polar surface area (TPSA) is 39.7 Å². The number of likely N-dealkylation sites (N-methyl/N-ethyl adjacent to an activating group) is 1. The number of amides is 1. The predicted molar refractivity (Wildman–Crippen MR) is 115 cm³/mol. The monoisotopic (exact) mass is 434 g/mol. The number of carbonyl (C=O) groups excluding carboxylic acids is 1. The summed E-state index contributed by atoms with van der Waals surface area (Å²) in [5.41, 5.74) is 0.279. The van der Waals surface area contributed by atoms with Gasteiger partial charge in [-0.1, -0.05) is 43.3 Å². The Kier molecular flexibility index (Phi) is 7.67. The van der Waals surface area contributed by atoms with Gasteiger partial charge < -0.3 is 0 Å². The number of aromatic nitrogens is 1. The molecule has 1 aromatic carbocycles. The van der Waals surface area contributed by atoms with Crippen molar-refractivity contribution in [3.63, 3.8) is 0 Å². The van der Waals surface area contributed by atoms with Gasteiger partial charge in [0.2, 0.25) is 5.91 Å². The Labute approximate surface area is 181 Å². The van der Waals surface area contributed by atoms with E-state index in [0.717, 1.165) is 32.1 Å². The lowest BCUT2D eigenvalue weighted by Crippen LogP contribution is -2.40. The first kappa shape index (κ1) is 23.2. The van der Waals surface area contributed by atoms with E-state index < -0.39 is 11.9 Å². The second kappa shape index (κ2) is 10.2. The molecule has 1 unspecified atom stereocenters. The first-order valence-electron chi connectivity index (χ1n) is 10.6. The maximum Gasteiger partial charge on any atom is 0.433 e. The standard InChI is InChI=1S/C23H29F3N4O/c1-3-22(31)30(21-11-7-10-20(27-21)23(24,25)26)15-14-29-13-12-19(17-29)28(2)16-18-8-5-4-6-9-18/h4-11,19H,3,12-17H2,1-2H3. The van der Waals surface area contributed by atoms with Gasteiger partial charge in [0.25, 0.3) is 0 Å². The van der Waals surface area contributed by atoms with Gasteiger partial charge >= 0.3 is 6.18 Å². The Hall–Kier alpha value is -2.45. The molecule has 1 atom stereocenters. The smallest absolute Gasteiger partial charge is 0.300 e. The molecule has 1 aliphatic rings. The Bertz CT molecular complexity index is 859. The average Bonchev–Trinajstić information content (AvgIpc) is 3.23. The summed E-state index contributed by atoms with van der Waals surface area (Å²) in [4.78, 5) is 22.1. The van der Waals surface area contributed by atoms with Crippen molar-refractivity contribution in [3.8, 4) is 0 Å². The van der Waals surface area contributed by atoms with E-state index in [9.17, 15) is 18.0 Å². The SMILES string of the molecule is CCC(=O)N(CCN1CCC(N(C)Cc2ccccc2)C1)c1cccc(C(F)(F)F)n1. The summed E-state index contributed by atoms with van der Waals surface area (Å²) in [7, 11) is 2.11. The number of alkyl halides is 3. The van der Waals surface area contributed by atoms with E-state index in [1.165, 1.54) is 22.6 Å². The van der Waals surface area contributed by atoms with Crippen LogP contribution < -0.4 is 4.90 Å². The van der Waals surface area contributed by atoms with Crippen LogP contribution >= 0.6 is 0 Å². The van der Waals surface area contributed by atoms with Crippen LogP contribution in [0.3, 0.4) is 0 Å². The third kappa shape index (κ3) is 6.27. The number of nitrogens with zero attached hydrogens (tertiary/aromatic N) is 4. The van der Waals surface area contributed by atoms with Gasteiger partial charge in [-0.2, -0.15) is 13.2 Å². The summed E-state index contributed by atoms with van der Waals surface area (Å²) in [5, 5.41) is 0. The zero-order valence-electron chi connectivity index (χ0n) is 18.0. The molecule has 8 heteroatoms. The van der Waals surface area contributed by atoms with E-state index >= 15 is 0 Å². The number of hydrogen-bond donors (Lipinski definition) is 0. The molecule has 0 spiro atoms. The average molecular weight is 435 g/mol. The molecule has 0 bridgehead atoms. The van der Waals surface area contributed by atoms with Crippen molar-refractivity contribution in [2.24, 2.45) is 0 Å². The van der Waals surface area contributed by atoms with Crippen molar-refractivity contribution < 1.29 is 18.0 Å². The number of hydrogen-bond acceptors (Lipinski definition) is 4. The molecule has 5 nitrogen and oxygen atoms in total. The third-order valence-corrected chi connectivity index (χ3v) is 5.69. The summed E-state index contributed by atoms with van der Waals surface area (Å²) in [6.07, 6.45) is -3.31. The second-order valence-electron chi connectivity index (χ2n) is 7.92.